The number of nitrogens with zero attached hydrogens (tertiary/aromatic N) is 1. The highest BCUT2D eigenvalue weighted by Gasteiger charge is 2.48. The van der Waals surface area contributed by atoms with Gasteiger partial charge in [-0.15, -0.1) is 0 Å². The number of amides is 1. The predicted molar refractivity (Wildman–Crippen MR) is 129 cm³/mol. The summed E-state index contributed by atoms with van der Waals surface area (Å²) >= 11 is 6.28. The van der Waals surface area contributed by atoms with E-state index in [0.29, 0.717) is 17.1 Å². The van der Waals surface area contributed by atoms with Gasteiger partial charge in [-0.3, -0.25) is 14.5 Å². The van der Waals surface area contributed by atoms with Crippen LogP contribution in [0, 0.1) is 5.82 Å². The van der Waals surface area contributed by atoms with Gasteiger partial charge in [-0.2, -0.15) is 0 Å². The molecule has 1 atom stereocenters. The van der Waals surface area contributed by atoms with E-state index in [0.717, 1.165) is 11.0 Å². The summed E-state index contributed by atoms with van der Waals surface area (Å²) < 4.78 is 30.2. The highest BCUT2D eigenvalue weighted by atomic mass is 35.5. The van der Waals surface area contributed by atoms with Gasteiger partial charge in [0.1, 0.15) is 28.8 Å². The fourth-order valence-electron chi connectivity index (χ4n) is 4.10. The lowest BCUT2D eigenvalue weighted by atomic mass is 9.94. The average molecular weight is 498 g/mol. The van der Waals surface area contributed by atoms with E-state index in [1.807, 2.05) is 0 Å². The van der Waals surface area contributed by atoms with Crippen molar-refractivity contribution in [3.05, 3.63) is 88.2 Å². The molecule has 1 N–H and O–H groups in total. The molecular weight excluding hydrogens is 477 g/mol. The Labute approximate surface area is 205 Å². The quantitative estimate of drug-likeness (QED) is 0.289. The van der Waals surface area contributed by atoms with Gasteiger partial charge in [0.05, 0.1) is 43.5 Å². The van der Waals surface area contributed by atoms with Crippen LogP contribution in [-0.2, 0) is 9.59 Å². The molecule has 1 amide bonds. The van der Waals surface area contributed by atoms with Crippen molar-refractivity contribution in [2.24, 2.45) is 0 Å². The molecule has 3 aromatic rings. The first-order chi connectivity index (χ1) is 16.8. The molecule has 4 rings (SSSR count). The summed E-state index contributed by atoms with van der Waals surface area (Å²) in [5, 5.41) is 11.6. The van der Waals surface area contributed by atoms with E-state index < -0.39 is 29.3 Å². The number of halogens is 2. The van der Waals surface area contributed by atoms with E-state index in [-0.39, 0.29) is 27.6 Å². The molecule has 1 saturated heterocycles. The smallest absolute Gasteiger partial charge is 0.300 e. The molecule has 9 heteroatoms. The summed E-state index contributed by atoms with van der Waals surface area (Å²) in [7, 11) is 4.24. The average Bonchev–Trinajstić information content (AvgIpc) is 3.13. The first-order valence-corrected chi connectivity index (χ1v) is 10.8. The van der Waals surface area contributed by atoms with Crippen LogP contribution in [-0.4, -0.2) is 38.1 Å². The molecule has 0 aliphatic carbocycles. The molecule has 3 aromatic carbocycles. The predicted octanol–water partition coefficient (Wildman–Crippen LogP) is 5.13. The van der Waals surface area contributed by atoms with Gasteiger partial charge < -0.3 is 19.3 Å². The lowest BCUT2D eigenvalue weighted by Crippen LogP contribution is -2.29. The summed E-state index contributed by atoms with van der Waals surface area (Å²) in [6.07, 6.45) is 0. The standard InChI is InChI=1S/C26H21ClFNO6/c1-33-19-10-5-4-9-16(19)23-22(24(30)17-12-18(27)21(35-3)13-20(17)34-2)25(31)26(32)29(23)15-8-6-7-14(28)11-15/h4-13,23,30H,1-3H3/b24-22+. The third-order valence-electron chi connectivity index (χ3n) is 5.69. The second kappa shape index (κ2) is 9.68. The van der Waals surface area contributed by atoms with Crippen molar-refractivity contribution in [1.82, 2.24) is 0 Å². The van der Waals surface area contributed by atoms with Crippen molar-refractivity contribution >= 4 is 34.7 Å². The fraction of sp³-hybridized carbons (Fsp3) is 0.154. The van der Waals surface area contributed by atoms with Gasteiger partial charge in [0, 0.05) is 17.3 Å². The maximum Gasteiger partial charge on any atom is 0.300 e. The molecule has 7 nitrogen and oxygen atoms in total. The van der Waals surface area contributed by atoms with Gasteiger partial charge in [-0.25, -0.2) is 4.39 Å². The molecular formula is C26H21ClFNO6. The number of carbonyl (C=O) groups is 2. The van der Waals surface area contributed by atoms with Crippen LogP contribution in [0.25, 0.3) is 5.76 Å². The van der Waals surface area contributed by atoms with E-state index >= 15 is 0 Å². The summed E-state index contributed by atoms with van der Waals surface area (Å²) in [6.45, 7) is 0. The third-order valence-corrected chi connectivity index (χ3v) is 5.99. The van der Waals surface area contributed by atoms with Crippen LogP contribution in [0.4, 0.5) is 10.1 Å². The van der Waals surface area contributed by atoms with Gasteiger partial charge in [-0.1, -0.05) is 35.9 Å². The number of ketones is 1. The van der Waals surface area contributed by atoms with Crippen LogP contribution in [0.3, 0.4) is 0 Å². The first kappa shape index (κ1) is 24.1. The van der Waals surface area contributed by atoms with E-state index in [1.54, 1.807) is 24.3 Å². The zero-order valence-electron chi connectivity index (χ0n) is 19.0. The molecule has 1 aliphatic heterocycles. The number of aliphatic hydroxyl groups is 1. The monoisotopic (exact) mass is 497 g/mol. The Morgan fingerprint density at radius 1 is 0.914 bits per heavy atom. The Bertz CT molecular complexity index is 1360. The molecule has 1 heterocycles. The minimum atomic E-state index is -1.13. The maximum atomic E-state index is 14.1. The number of ether oxygens (including phenoxy) is 3. The van der Waals surface area contributed by atoms with Gasteiger partial charge in [-0.05, 0) is 30.3 Å². The third kappa shape index (κ3) is 4.17. The number of carbonyl (C=O) groups excluding carboxylic acids is 2. The molecule has 0 bridgehead atoms. The van der Waals surface area contributed by atoms with E-state index in [4.69, 9.17) is 25.8 Å². The number of anilines is 1. The molecule has 1 fully saturated rings. The number of benzene rings is 3. The molecule has 0 radical (unpaired) electrons. The van der Waals surface area contributed by atoms with Crippen molar-refractivity contribution < 1.29 is 33.3 Å². The highest BCUT2D eigenvalue weighted by molar-refractivity contribution is 6.51. The van der Waals surface area contributed by atoms with Crippen molar-refractivity contribution in [2.75, 3.05) is 26.2 Å². The second-order valence-corrected chi connectivity index (χ2v) is 7.99. The molecule has 35 heavy (non-hydrogen) atoms. The van der Waals surface area contributed by atoms with Crippen LogP contribution >= 0.6 is 11.6 Å². The summed E-state index contributed by atoms with van der Waals surface area (Å²) in [5.41, 5.74) is 0.402. The van der Waals surface area contributed by atoms with Crippen molar-refractivity contribution in [2.45, 2.75) is 6.04 Å². The lowest BCUT2D eigenvalue weighted by Gasteiger charge is -2.26. The SMILES string of the molecule is COc1cc(OC)c(/C(O)=C2\C(=O)C(=O)N(c3cccc(F)c3)C2c2ccccc2OC)cc1Cl. The van der Waals surface area contributed by atoms with Crippen LogP contribution in [0.5, 0.6) is 17.2 Å². The maximum absolute atomic E-state index is 14.1. The zero-order valence-corrected chi connectivity index (χ0v) is 19.8. The Hall–Kier alpha value is -4.04. The van der Waals surface area contributed by atoms with Gasteiger partial charge in [0.2, 0.25) is 0 Å². The van der Waals surface area contributed by atoms with Crippen LogP contribution in [0.15, 0.2) is 66.2 Å². The van der Waals surface area contributed by atoms with Crippen molar-refractivity contribution in [1.29, 1.82) is 0 Å². The molecule has 0 aromatic heterocycles. The number of hydrogen-bond donors (Lipinski definition) is 1. The van der Waals surface area contributed by atoms with E-state index in [2.05, 4.69) is 0 Å². The molecule has 1 unspecified atom stereocenters. The minimum Gasteiger partial charge on any atom is -0.507 e. The minimum absolute atomic E-state index is 0.0791. The number of para-hydroxylation sites is 1. The Balaban J connectivity index is 2.03. The summed E-state index contributed by atoms with van der Waals surface area (Å²) in [5.74, 6) is -2.18. The summed E-state index contributed by atoms with van der Waals surface area (Å²) in [4.78, 5) is 27.7. The normalized spacial score (nSPS) is 16.9. The molecule has 0 spiro atoms. The molecule has 180 valence electrons. The number of aliphatic hydroxyl groups excluding tert-OH is 1. The number of Topliss-reactive ketones (excluding diaryl/α,β-unsaturated/α-hetero) is 1. The zero-order chi connectivity index (χ0) is 25.3. The number of rotatable bonds is 6. The summed E-state index contributed by atoms with van der Waals surface area (Å²) in [6, 6.07) is 13.7. The number of hydrogen-bond acceptors (Lipinski definition) is 6. The van der Waals surface area contributed by atoms with E-state index in [9.17, 15) is 19.1 Å². The molecule has 1 aliphatic rings. The topological polar surface area (TPSA) is 85.3 Å². The van der Waals surface area contributed by atoms with Crippen molar-refractivity contribution in [3.8, 4) is 17.2 Å². The Kier molecular flexibility index (Phi) is 6.66. The van der Waals surface area contributed by atoms with Gasteiger partial charge in [0.15, 0.2) is 0 Å². The largest absolute Gasteiger partial charge is 0.507 e. The Morgan fingerprint density at radius 3 is 2.26 bits per heavy atom. The first-order valence-electron chi connectivity index (χ1n) is 10.4. The second-order valence-electron chi connectivity index (χ2n) is 7.58. The van der Waals surface area contributed by atoms with Crippen molar-refractivity contribution in [3.63, 3.8) is 0 Å². The lowest BCUT2D eigenvalue weighted by molar-refractivity contribution is -0.132. The van der Waals surface area contributed by atoms with Crippen LogP contribution in [0.2, 0.25) is 5.02 Å². The van der Waals surface area contributed by atoms with Gasteiger partial charge >= 0.3 is 0 Å². The van der Waals surface area contributed by atoms with E-state index in [1.165, 1.54) is 51.7 Å². The molecule has 0 saturated carbocycles. The van der Waals surface area contributed by atoms with Gasteiger partial charge in [0.25, 0.3) is 11.7 Å². The Morgan fingerprint density at radius 2 is 1.60 bits per heavy atom. The van der Waals surface area contributed by atoms with Crippen LogP contribution < -0.4 is 19.1 Å². The number of methoxy groups -OCH3 is 3. The fourth-order valence-corrected chi connectivity index (χ4v) is 4.34. The van der Waals surface area contributed by atoms with Crippen LogP contribution in [0.1, 0.15) is 17.2 Å². The highest BCUT2D eigenvalue weighted by Crippen LogP contribution is 2.46.